The minimum atomic E-state index is -4.60. The van der Waals surface area contributed by atoms with E-state index >= 15 is 0 Å². The van der Waals surface area contributed by atoms with Crippen molar-refractivity contribution in [3.63, 3.8) is 0 Å². The van der Waals surface area contributed by atoms with Crippen LogP contribution in [0.4, 0.5) is 18.9 Å². The van der Waals surface area contributed by atoms with Gasteiger partial charge in [-0.3, -0.25) is 5.21 Å². The lowest BCUT2D eigenvalue weighted by Gasteiger charge is -2.40. The molecule has 0 aliphatic carbocycles. The summed E-state index contributed by atoms with van der Waals surface area (Å²) in [6.45, 7) is 1.38. The van der Waals surface area contributed by atoms with Gasteiger partial charge in [0.15, 0.2) is 0 Å². The lowest BCUT2D eigenvalue weighted by atomic mass is 9.95. The van der Waals surface area contributed by atoms with Crippen molar-refractivity contribution < 1.29 is 28.3 Å². The second kappa shape index (κ2) is 7.56. The van der Waals surface area contributed by atoms with E-state index in [0.717, 1.165) is 23.2 Å². The maximum absolute atomic E-state index is 13.0. The van der Waals surface area contributed by atoms with Crippen molar-refractivity contribution in [2.75, 3.05) is 5.01 Å². The Balaban J connectivity index is 2.09. The van der Waals surface area contributed by atoms with E-state index in [1.165, 1.54) is 37.3 Å². The van der Waals surface area contributed by atoms with Gasteiger partial charge in [0.2, 0.25) is 0 Å². The van der Waals surface area contributed by atoms with Gasteiger partial charge in [-0.1, -0.05) is 18.2 Å². The summed E-state index contributed by atoms with van der Waals surface area (Å²) < 4.78 is 39.1. The number of nitrogens with zero attached hydrogens (tertiary/aromatic N) is 3. The molecule has 1 aliphatic heterocycles. The summed E-state index contributed by atoms with van der Waals surface area (Å²) in [6, 6.07) is 11.1. The molecule has 0 amide bonds. The molecule has 1 unspecified atom stereocenters. The Bertz CT molecular complexity index is 1010. The number of carbonyl (C=O) groups is 1. The van der Waals surface area contributed by atoms with Gasteiger partial charge >= 0.3 is 12.1 Å². The number of nitrogens with one attached hydrogen (secondary N) is 1. The summed E-state index contributed by atoms with van der Waals surface area (Å²) in [5.74, 6) is -1.31. The second-order valence-corrected chi connectivity index (χ2v) is 6.25. The number of aliphatic carboxylic acids is 1. The normalized spacial score (nSPS) is 17.9. The van der Waals surface area contributed by atoms with E-state index < -0.39 is 23.8 Å². The Morgan fingerprint density at radius 2 is 1.86 bits per heavy atom. The van der Waals surface area contributed by atoms with Crippen LogP contribution in [0.5, 0.6) is 0 Å². The molecular weight excluding hydrogens is 389 g/mol. The van der Waals surface area contributed by atoms with E-state index in [1.54, 1.807) is 0 Å². The monoisotopic (exact) mass is 404 g/mol. The molecule has 2 aromatic carbocycles. The van der Waals surface area contributed by atoms with Gasteiger partial charge in [0.25, 0.3) is 0 Å². The number of hydrazine groups is 2. The van der Waals surface area contributed by atoms with Crippen molar-refractivity contribution in [3.8, 4) is 6.07 Å². The van der Waals surface area contributed by atoms with Gasteiger partial charge in [-0.2, -0.15) is 23.9 Å². The number of carboxylic acid groups (broad SMARTS) is 1. The lowest BCUT2D eigenvalue weighted by Crippen LogP contribution is -2.55. The Morgan fingerprint density at radius 1 is 1.21 bits per heavy atom. The molecule has 1 aliphatic rings. The van der Waals surface area contributed by atoms with E-state index in [2.05, 4.69) is 5.43 Å². The molecule has 0 saturated heterocycles. The standard InChI is InChI=1S/C19H15F3N4O3/c1-11-16(18(27)28)17(13-7-5-12(10-23)6-8-13)24-26(29)25(11)15-4-2-3-14(9-15)19(20,21)22/h2-9,17,24,29H,1H3,(H,27,28). The van der Waals surface area contributed by atoms with Crippen molar-refractivity contribution in [3.05, 3.63) is 76.5 Å². The van der Waals surface area contributed by atoms with Gasteiger partial charge in [-0.15, -0.1) is 0 Å². The van der Waals surface area contributed by atoms with Crippen molar-refractivity contribution in [2.24, 2.45) is 0 Å². The molecule has 1 atom stereocenters. The largest absolute Gasteiger partial charge is 0.478 e. The first kappa shape index (κ1) is 20.3. The zero-order valence-corrected chi connectivity index (χ0v) is 15.0. The van der Waals surface area contributed by atoms with Crippen LogP contribution >= 0.6 is 0 Å². The molecule has 0 fully saturated rings. The fourth-order valence-electron chi connectivity index (χ4n) is 3.09. The first-order chi connectivity index (χ1) is 13.6. The van der Waals surface area contributed by atoms with Gasteiger partial charge in [0.1, 0.15) is 0 Å². The van der Waals surface area contributed by atoms with E-state index in [0.29, 0.717) is 16.4 Å². The van der Waals surface area contributed by atoms with E-state index in [9.17, 15) is 28.3 Å². The van der Waals surface area contributed by atoms with Crippen LogP contribution in [0.2, 0.25) is 0 Å². The van der Waals surface area contributed by atoms with Crippen LogP contribution in [-0.2, 0) is 11.0 Å². The fraction of sp³-hybridized carbons (Fsp3) is 0.158. The highest BCUT2D eigenvalue weighted by Crippen LogP contribution is 2.36. The molecule has 2 aromatic rings. The molecule has 0 aromatic heterocycles. The minimum absolute atomic E-state index is 0.0208. The van der Waals surface area contributed by atoms with Gasteiger partial charge in [-0.05, 0) is 48.1 Å². The third-order valence-corrected chi connectivity index (χ3v) is 4.45. The maximum atomic E-state index is 13.0. The molecule has 0 saturated carbocycles. The molecule has 0 spiro atoms. The highest BCUT2D eigenvalue weighted by molar-refractivity contribution is 5.90. The number of allylic oxidation sites excluding steroid dienone is 1. The van der Waals surface area contributed by atoms with Crippen molar-refractivity contribution >= 4 is 11.7 Å². The Morgan fingerprint density at radius 3 is 2.41 bits per heavy atom. The molecule has 3 N–H and O–H groups in total. The quantitative estimate of drug-likeness (QED) is 0.719. The third-order valence-electron chi connectivity index (χ3n) is 4.45. The number of anilines is 1. The predicted molar refractivity (Wildman–Crippen MR) is 94.9 cm³/mol. The number of halogens is 3. The lowest BCUT2D eigenvalue weighted by molar-refractivity contribution is -0.158. The van der Waals surface area contributed by atoms with Crippen molar-refractivity contribution in [1.29, 1.82) is 5.26 Å². The van der Waals surface area contributed by atoms with E-state index in [1.807, 2.05) is 6.07 Å². The summed E-state index contributed by atoms with van der Waals surface area (Å²) in [4.78, 5) is 11.9. The Hall–Kier alpha value is -3.39. The van der Waals surface area contributed by atoms with Gasteiger partial charge in [-0.25, -0.2) is 9.80 Å². The summed E-state index contributed by atoms with van der Waals surface area (Å²) in [6.07, 6.45) is -4.60. The van der Waals surface area contributed by atoms with Crippen LogP contribution in [0.1, 0.15) is 29.7 Å². The topological polar surface area (TPSA) is 99.8 Å². The Kier molecular flexibility index (Phi) is 5.30. The number of benzene rings is 2. The van der Waals surface area contributed by atoms with Crippen LogP contribution < -0.4 is 10.4 Å². The summed E-state index contributed by atoms with van der Waals surface area (Å²) >= 11 is 0. The third kappa shape index (κ3) is 3.93. The molecule has 7 nitrogen and oxygen atoms in total. The zero-order chi connectivity index (χ0) is 21.3. The molecule has 150 valence electrons. The number of nitriles is 1. The number of hydrogen-bond acceptors (Lipinski definition) is 6. The zero-order valence-electron chi connectivity index (χ0n) is 15.0. The van der Waals surface area contributed by atoms with E-state index in [4.69, 9.17) is 5.26 Å². The summed E-state index contributed by atoms with van der Waals surface area (Å²) in [7, 11) is 0. The van der Waals surface area contributed by atoms with Crippen LogP contribution in [0.3, 0.4) is 0 Å². The molecule has 0 radical (unpaired) electrons. The molecular formula is C19H15F3N4O3. The smallest absolute Gasteiger partial charge is 0.416 e. The maximum Gasteiger partial charge on any atom is 0.416 e. The predicted octanol–water partition coefficient (Wildman–Crippen LogP) is 3.61. The van der Waals surface area contributed by atoms with Crippen molar-refractivity contribution in [2.45, 2.75) is 19.1 Å². The minimum Gasteiger partial charge on any atom is -0.478 e. The number of hydrogen-bond donors (Lipinski definition) is 3. The SMILES string of the molecule is CC1=C(C(=O)O)C(c2ccc(C#N)cc2)NN(O)N1c1cccc(C(F)(F)F)c1. The highest BCUT2D eigenvalue weighted by atomic mass is 19.4. The molecule has 3 rings (SSSR count). The summed E-state index contributed by atoms with van der Waals surface area (Å²) in [5, 5.41) is 30.4. The van der Waals surface area contributed by atoms with Crippen LogP contribution in [-0.4, -0.2) is 21.6 Å². The average Bonchev–Trinajstić information content (AvgIpc) is 2.67. The molecule has 10 heteroatoms. The highest BCUT2D eigenvalue weighted by Gasteiger charge is 2.37. The molecule has 29 heavy (non-hydrogen) atoms. The fourth-order valence-corrected chi connectivity index (χ4v) is 3.09. The van der Waals surface area contributed by atoms with Gasteiger partial charge < -0.3 is 5.11 Å². The number of alkyl halides is 3. The number of carboxylic acids is 1. The van der Waals surface area contributed by atoms with Crippen LogP contribution in [0.15, 0.2) is 59.8 Å². The number of rotatable bonds is 3. The average molecular weight is 404 g/mol. The van der Waals surface area contributed by atoms with Crippen molar-refractivity contribution in [1.82, 2.24) is 10.7 Å². The van der Waals surface area contributed by atoms with Gasteiger partial charge in [0, 0.05) is 5.70 Å². The molecule has 1 heterocycles. The summed E-state index contributed by atoms with van der Waals surface area (Å²) in [5.41, 5.74) is 2.20. The van der Waals surface area contributed by atoms with E-state index in [-0.39, 0.29) is 17.0 Å². The Labute approximate surface area is 163 Å². The van der Waals surface area contributed by atoms with Crippen LogP contribution in [0.25, 0.3) is 0 Å². The first-order valence-corrected chi connectivity index (χ1v) is 8.30. The van der Waals surface area contributed by atoms with Gasteiger partial charge in [0.05, 0.1) is 34.5 Å². The molecule has 0 bridgehead atoms. The van der Waals surface area contributed by atoms with Crippen LogP contribution in [0, 0.1) is 11.3 Å². The second-order valence-electron chi connectivity index (χ2n) is 6.25. The first-order valence-electron chi connectivity index (χ1n) is 8.30.